The first-order chi connectivity index (χ1) is 12.0. The number of phosphoric ester groups is 1. The van der Waals surface area contributed by atoms with Gasteiger partial charge in [-0.1, -0.05) is 43.5 Å². The first kappa shape index (κ1) is 20.3. The van der Waals surface area contributed by atoms with E-state index in [0.29, 0.717) is 6.42 Å². The first-order valence-electron chi connectivity index (χ1n) is 8.88. The van der Waals surface area contributed by atoms with Crippen LogP contribution in [0.15, 0.2) is 36.8 Å². The second-order valence-electron chi connectivity index (χ2n) is 7.06. The molecule has 0 radical (unpaired) electrons. The van der Waals surface area contributed by atoms with E-state index in [1.807, 2.05) is 18.3 Å². The Hall–Kier alpha value is -0.460. The molecule has 2 N–H and O–H groups in total. The topological polar surface area (TPSA) is 84.6 Å². The first-order valence-corrected chi connectivity index (χ1v) is 10.4. The summed E-state index contributed by atoms with van der Waals surface area (Å²) in [4.78, 5) is 23.1. The average Bonchev–Trinajstić information content (AvgIpc) is 3.17. The van der Waals surface area contributed by atoms with Crippen molar-refractivity contribution in [2.24, 2.45) is 5.92 Å². The molecule has 0 spiro atoms. The Bertz CT molecular complexity index is 806. The molecular formula is C18H24N2NaO4P. The van der Waals surface area contributed by atoms with Crippen LogP contribution in [0.1, 0.15) is 51.6 Å². The summed E-state index contributed by atoms with van der Waals surface area (Å²) in [5.41, 5.74) is 3.37. The van der Waals surface area contributed by atoms with Gasteiger partial charge < -0.3 is 15.8 Å². The van der Waals surface area contributed by atoms with Crippen LogP contribution in [0, 0.1) is 5.92 Å². The third-order valence-corrected chi connectivity index (χ3v) is 6.05. The summed E-state index contributed by atoms with van der Waals surface area (Å²) < 4.78 is 18.9. The van der Waals surface area contributed by atoms with Gasteiger partial charge >= 0.3 is 37.4 Å². The van der Waals surface area contributed by atoms with Gasteiger partial charge in [-0.15, -0.1) is 0 Å². The molecule has 136 valence electrons. The fraction of sp³-hybridized carbons (Fsp3) is 0.500. The number of hydrogen-bond acceptors (Lipinski definition) is 3. The number of phosphoric acid groups is 1. The van der Waals surface area contributed by atoms with Gasteiger partial charge in [0.25, 0.3) is 0 Å². The molecule has 6 nitrogen and oxygen atoms in total. The Labute approximate surface area is 177 Å². The zero-order valence-corrected chi connectivity index (χ0v) is 17.9. The van der Waals surface area contributed by atoms with Crippen LogP contribution in [0.3, 0.4) is 0 Å². The van der Waals surface area contributed by atoms with Crippen LogP contribution >= 0.6 is 7.82 Å². The van der Waals surface area contributed by atoms with Crippen LogP contribution in [0.2, 0.25) is 0 Å². The maximum Gasteiger partial charge on any atom is 1.00 e. The summed E-state index contributed by atoms with van der Waals surface area (Å²) in [6.07, 6.45) is 9.08. The molecule has 1 aliphatic carbocycles. The zero-order valence-electron chi connectivity index (χ0n) is 16.0. The minimum atomic E-state index is -4.52. The SMILES string of the molecule is O=P(O)(O)OC(CC1c2ccccc2-c2cncn21)C1CCCCC1.[H-].[Na+]. The van der Waals surface area contributed by atoms with E-state index in [9.17, 15) is 14.4 Å². The summed E-state index contributed by atoms with van der Waals surface area (Å²) in [6.45, 7) is 0. The molecule has 2 aliphatic rings. The van der Waals surface area contributed by atoms with Crippen molar-refractivity contribution in [3.05, 3.63) is 42.4 Å². The van der Waals surface area contributed by atoms with Crippen molar-refractivity contribution in [2.75, 3.05) is 0 Å². The van der Waals surface area contributed by atoms with Crippen LogP contribution < -0.4 is 29.6 Å². The van der Waals surface area contributed by atoms with E-state index in [1.165, 1.54) is 12.0 Å². The van der Waals surface area contributed by atoms with Crippen molar-refractivity contribution in [2.45, 2.75) is 50.7 Å². The van der Waals surface area contributed by atoms with E-state index in [1.54, 1.807) is 6.33 Å². The number of hydrogen-bond donors (Lipinski definition) is 2. The summed E-state index contributed by atoms with van der Waals surface area (Å²) >= 11 is 0. The molecule has 1 fully saturated rings. The van der Waals surface area contributed by atoms with Gasteiger partial charge in [0.15, 0.2) is 0 Å². The van der Waals surface area contributed by atoms with E-state index in [2.05, 4.69) is 21.7 Å². The Morgan fingerprint density at radius 2 is 2.00 bits per heavy atom. The number of benzene rings is 1. The Morgan fingerprint density at radius 3 is 2.73 bits per heavy atom. The number of fused-ring (bicyclic) bond motifs is 3. The minimum absolute atomic E-state index is 0. The molecule has 1 aliphatic heterocycles. The average molecular weight is 386 g/mol. The maximum absolute atomic E-state index is 11.6. The van der Waals surface area contributed by atoms with Gasteiger partial charge in [-0.25, -0.2) is 9.55 Å². The standard InChI is InChI=1S/C18H23N2O4P.Na.H/c21-25(22,23)24-18(13-6-2-1-3-7-13)10-16-14-8-4-5-9-15(14)17-11-19-12-20(16)17;;/h4-5,8-9,11-13,16,18H,1-3,6-7,10H2,(H2,21,22,23);;/q;+1;-1. The van der Waals surface area contributed by atoms with Crippen LogP contribution in [0.25, 0.3) is 11.3 Å². The zero-order chi connectivity index (χ0) is 17.4. The third kappa shape index (κ3) is 4.17. The van der Waals surface area contributed by atoms with Gasteiger partial charge in [0.2, 0.25) is 0 Å². The quantitative estimate of drug-likeness (QED) is 0.592. The fourth-order valence-electron chi connectivity index (χ4n) is 4.40. The van der Waals surface area contributed by atoms with Crippen LogP contribution in [-0.2, 0) is 9.09 Å². The van der Waals surface area contributed by atoms with Crippen molar-refractivity contribution in [1.82, 2.24) is 9.55 Å². The Kier molecular flexibility index (Phi) is 6.45. The van der Waals surface area contributed by atoms with Crippen molar-refractivity contribution in [1.29, 1.82) is 0 Å². The molecule has 0 saturated heterocycles. The van der Waals surface area contributed by atoms with Gasteiger partial charge in [0.1, 0.15) is 0 Å². The predicted octanol–water partition coefficient (Wildman–Crippen LogP) is 1.02. The smallest absolute Gasteiger partial charge is 1.00 e. The monoisotopic (exact) mass is 386 g/mol. The molecule has 8 heteroatoms. The second kappa shape index (κ2) is 8.27. The van der Waals surface area contributed by atoms with Crippen molar-refractivity contribution in [3.63, 3.8) is 0 Å². The Balaban J connectivity index is 0.00000131. The predicted molar refractivity (Wildman–Crippen MR) is 95.0 cm³/mol. The van der Waals surface area contributed by atoms with Gasteiger partial charge in [-0.05, 0) is 30.7 Å². The molecule has 26 heavy (non-hydrogen) atoms. The number of rotatable bonds is 5. The van der Waals surface area contributed by atoms with E-state index < -0.39 is 13.9 Å². The molecule has 2 unspecified atom stereocenters. The molecule has 1 aromatic heterocycles. The van der Waals surface area contributed by atoms with E-state index in [-0.39, 0.29) is 42.9 Å². The summed E-state index contributed by atoms with van der Waals surface area (Å²) in [7, 11) is -4.52. The molecule has 0 bridgehead atoms. The van der Waals surface area contributed by atoms with Gasteiger partial charge in [0, 0.05) is 5.56 Å². The fourth-order valence-corrected chi connectivity index (χ4v) is 5.01. The molecule has 1 aromatic carbocycles. The van der Waals surface area contributed by atoms with Gasteiger partial charge in [0.05, 0.1) is 30.4 Å². The maximum atomic E-state index is 11.6. The van der Waals surface area contributed by atoms with Crippen LogP contribution in [0.4, 0.5) is 0 Å². The van der Waals surface area contributed by atoms with Crippen LogP contribution in [0.5, 0.6) is 0 Å². The molecule has 0 amide bonds. The second-order valence-corrected chi connectivity index (χ2v) is 8.25. The number of nitrogens with zero attached hydrogens (tertiary/aromatic N) is 2. The summed E-state index contributed by atoms with van der Waals surface area (Å²) in [6, 6.07) is 8.17. The van der Waals surface area contributed by atoms with Gasteiger partial charge in [-0.3, -0.25) is 4.52 Å². The third-order valence-electron chi connectivity index (χ3n) is 5.50. The molecular weight excluding hydrogens is 362 g/mol. The summed E-state index contributed by atoms with van der Waals surface area (Å²) in [5.74, 6) is 0.195. The largest absolute Gasteiger partial charge is 1.00 e. The van der Waals surface area contributed by atoms with Crippen molar-refractivity contribution in [3.8, 4) is 11.3 Å². The van der Waals surface area contributed by atoms with Crippen molar-refractivity contribution >= 4 is 7.82 Å². The number of imidazole rings is 1. The molecule has 4 rings (SSSR count). The molecule has 1 saturated carbocycles. The number of aromatic nitrogens is 2. The van der Waals surface area contributed by atoms with E-state index in [0.717, 1.165) is 36.9 Å². The molecule has 2 heterocycles. The van der Waals surface area contributed by atoms with E-state index >= 15 is 0 Å². The van der Waals surface area contributed by atoms with Gasteiger partial charge in [-0.2, -0.15) is 0 Å². The van der Waals surface area contributed by atoms with Crippen molar-refractivity contribution < 1.29 is 49.9 Å². The molecule has 2 aromatic rings. The van der Waals surface area contributed by atoms with Crippen LogP contribution in [-0.4, -0.2) is 25.4 Å². The van der Waals surface area contributed by atoms with E-state index in [4.69, 9.17) is 4.52 Å². The Morgan fingerprint density at radius 1 is 1.27 bits per heavy atom. The summed E-state index contributed by atoms with van der Waals surface area (Å²) in [5, 5.41) is 0. The minimum Gasteiger partial charge on any atom is -1.00 e. The normalized spacial score (nSPS) is 20.9. The molecule has 2 atom stereocenters.